The van der Waals surface area contributed by atoms with E-state index in [2.05, 4.69) is 61.2 Å². The number of rotatable bonds is 5. The molecule has 1 atom stereocenters. The Kier molecular flexibility index (Phi) is 5.57. The summed E-state index contributed by atoms with van der Waals surface area (Å²) in [5.74, 6) is 0.854. The molecule has 0 fully saturated rings. The van der Waals surface area contributed by atoms with Gasteiger partial charge in [-0.15, -0.1) is 0 Å². The molecule has 1 heterocycles. The van der Waals surface area contributed by atoms with Gasteiger partial charge in [-0.05, 0) is 62.2 Å². The number of methoxy groups -OCH3 is 1. The largest absolute Gasteiger partial charge is 0.497 e. The number of ether oxygens (including phenoxy) is 1. The van der Waals surface area contributed by atoms with Crippen LogP contribution in [0.15, 0.2) is 45.5 Å². The van der Waals surface area contributed by atoms with Gasteiger partial charge < -0.3 is 10.1 Å². The molecule has 0 aliphatic heterocycles. The highest BCUT2D eigenvalue weighted by Gasteiger charge is 2.17. The lowest BCUT2D eigenvalue weighted by atomic mass is 10.0. The number of halogens is 2. The molecule has 0 aliphatic carbocycles. The zero-order chi connectivity index (χ0) is 14.5. The lowest BCUT2D eigenvalue weighted by Crippen LogP contribution is -2.23. The summed E-state index contributed by atoms with van der Waals surface area (Å²) in [6.07, 6.45) is 1.81. The summed E-state index contributed by atoms with van der Waals surface area (Å²) in [7, 11) is 1.67. The van der Waals surface area contributed by atoms with E-state index in [-0.39, 0.29) is 6.04 Å². The highest BCUT2D eigenvalue weighted by molar-refractivity contribution is 9.11. The second-order valence-corrected chi connectivity index (χ2v) is 6.05. The molecule has 0 aliphatic rings. The van der Waals surface area contributed by atoms with Crippen molar-refractivity contribution in [3.63, 3.8) is 0 Å². The van der Waals surface area contributed by atoms with Crippen LogP contribution in [0.4, 0.5) is 0 Å². The van der Waals surface area contributed by atoms with E-state index in [0.29, 0.717) is 0 Å². The van der Waals surface area contributed by atoms with Gasteiger partial charge in [-0.25, -0.2) is 0 Å². The van der Waals surface area contributed by atoms with Crippen LogP contribution >= 0.6 is 31.9 Å². The quantitative estimate of drug-likeness (QED) is 0.813. The standard InChI is InChI=1S/C15H16Br2N2O/c1-3-18-14(10-4-6-12(20-2)7-5-10)15-13(17)8-11(16)9-19-15/h4-9,14,18H,3H2,1-2H3. The van der Waals surface area contributed by atoms with E-state index in [0.717, 1.165) is 32.5 Å². The first-order valence-electron chi connectivity index (χ1n) is 6.34. The Hall–Kier alpha value is -0.910. The van der Waals surface area contributed by atoms with Gasteiger partial charge >= 0.3 is 0 Å². The molecule has 0 saturated heterocycles. The highest BCUT2D eigenvalue weighted by atomic mass is 79.9. The zero-order valence-corrected chi connectivity index (χ0v) is 14.5. The van der Waals surface area contributed by atoms with E-state index in [1.807, 2.05) is 24.4 Å². The van der Waals surface area contributed by atoms with Crippen LogP contribution in [0.1, 0.15) is 24.2 Å². The summed E-state index contributed by atoms with van der Waals surface area (Å²) in [6, 6.07) is 10.1. The number of aromatic nitrogens is 1. The predicted octanol–water partition coefficient (Wildman–Crippen LogP) is 4.31. The first-order chi connectivity index (χ1) is 9.65. The summed E-state index contributed by atoms with van der Waals surface area (Å²) in [5.41, 5.74) is 2.13. The molecule has 0 bridgehead atoms. The summed E-state index contributed by atoms with van der Waals surface area (Å²) < 4.78 is 7.14. The van der Waals surface area contributed by atoms with Crippen LogP contribution in [-0.4, -0.2) is 18.6 Å². The molecule has 20 heavy (non-hydrogen) atoms. The Labute approximate surface area is 136 Å². The molecule has 0 radical (unpaired) electrons. The average molecular weight is 400 g/mol. The van der Waals surface area contributed by atoms with Crippen molar-refractivity contribution in [1.82, 2.24) is 10.3 Å². The van der Waals surface area contributed by atoms with Gasteiger partial charge in [0.2, 0.25) is 0 Å². The van der Waals surface area contributed by atoms with Crippen LogP contribution in [-0.2, 0) is 0 Å². The van der Waals surface area contributed by atoms with Crippen molar-refractivity contribution < 1.29 is 4.74 Å². The second kappa shape index (κ2) is 7.20. The van der Waals surface area contributed by atoms with Gasteiger partial charge in [-0.2, -0.15) is 0 Å². The Balaban J connectivity index is 2.38. The number of benzene rings is 1. The SMILES string of the molecule is CCNC(c1ccc(OC)cc1)c1ncc(Br)cc1Br. The van der Waals surface area contributed by atoms with Crippen molar-refractivity contribution in [1.29, 1.82) is 0 Å². The summed E-state index contributed by atoms with van der Waals surface area (Å²) >= 11 is 7.02. The second-order valence-electron chi connectivity index (χ2n) is 4.28. The minimum absolute atomic E-state index is 0.0494. The van der Waals surface area contributed by atoms with Crippen molar-refractivity contribution in [2.24, 2.45) is 0 Å². The maximum atomic E-state index is 5.20. The molecule has 1 aromatic heterocycles. The van der Waals surface area contributed by atoms with Gasteiger partial charge in [0, 0.05) is 15.1 Å². The fourth-order valence-corrected chi connectivity index (χ4v) is 3.23. The van der Waals surface area contributed by atoms with E-state index < -0.39 is 0 Å². The molecule has 2 aromatic rings. The molecular formula is C15H16Br2N2O. The van der Waals surface area contributed by atoms with E-state index in [1.165, 1.54) is 0 Å². The normalized spacial score (nSPS) is 12.2. The molecule has 0 amide bonds. The van der Waals surface area contributed by atoms with Crippen molar-refractivity contribution in [3.05, 3.63) is 56.7 Å². The summed E-state index contributed by atoms with van der Waals surface area (Å²) in [4.78, 5) is 4.53. The molecule has 3 nitrogen and oxygen atoms in total. The van der Waals surface area contributed by atoms with Gasteiger partial charge in [-0.3, -0.25) is 4.98 Å². The first kappa shape index (κ1) is 15.5. The van der Waals surface area contributed by atoms with E-state index >= 15 is 0 Å². The molecule has 106 valence electrons. The van der Waals surface area contributed by atoms with Crippen molar-refractivity contribution in [2.75, 3.05) is 13.7 Å². The van der Waals surface area contributed by atoms with Crippen molar-refractivity contribution in [2.45, 2.75) is 13.0 Å². The van der Waals surface area contributed by atoms with Crippen LogP contribution in [0, 0.1) is 0 Å². The van der Waals surface area contributed by atoms with Gasteiger partial charge in [0.1, 0.15) is 5.75 Å². The fraction of sp³-hybridized carbons (Fsp3) is 0.267. The summed E-state index contributed by atoms with van der Waals surface area (Å²) in [6.45, 7) is 2.95. The van der Waals surface area contributed by atoms with E-state index in [4.69, 9.17) is 4.74 Å². The van der Waals surface area contributed by atoms with Gasteiger partial charge in [-0.1, -0.05) is 19.1 Å². The number of hydrogen-bond acceptors (Lipinski definition) is 3. The monoisotopic (exact) mass is 398 g/mol. The minimum atomic E-state index is 0.0494. The fourth-order valence-electron chi connectivity index (χ4n) is 2.01. The molecule has 0 saturated carbocycles. The first-order valence-corrected chi connectivity index (χ1v) is 7.92. The minimum Gasteiger partial charge on any atom is -0.497 e. The number of nitrogens with zero attached hydrogens (tertiary/aromatic N) is 1. The third-order valence-electron chi connectivity index (χ3n) is 2.97. The van der Waals surface area contributed by atoms with Gasteiger partial charge in [0.15, 0.2) is 0 Å². The number of hydrogen-bond donors (Lipinski definition) is 1. The molecule has 1 N–H and O–H groups in total. The van der Waals surface area contributed by atoms with Crippen LogP contribution in [0.3, 0.4) is 0 Å². The Morgan fingerprint density at radius 3 is 2.50 bits per heavy atom. The summed E-state index contributed by atoms with van der Waals surface area (Å²) in [5, 5.41) is 3.46. The van der Waals surface area contributed by atoms with E-state index in [1.54, 1.807) is 7.11 Å². The lowest BCUT2D eigenvalue weighted by Gasteiger charge is -2.19. The smallest absolute Gasteiger partial charge is 0.118 e. The van der Waals surface area contributed by atoms with Gasteiger partial charge in [0.25, 0.3) is 0 Å². The average Bonchev–Trinajstić information content (AvgIpc) is 2.46. The Morgan fingerprint density at radius 1 is 1.25 bits per heavy atom. The van der Waals surface area contributed by atoms with Crippen LogP contribution < -0.4 is 10.1 Å². The van der Waals surface area contributed by atoms with Crippen LogP contribution in [0.5, 0.6) is 5.75 Å². The molecule has 2 rings (SSSR count). The maximum Gasteiger partial charge on any atom is 0.118 e. The Morgan fingerprint density at radius 2 is 1.95 bits per heavy atom. The predicted molar refractivity (Wildman–Crippen MR) is 88.2 cm³/mol. The zero-order valence-electron chi connectivity index (χ0n) is 11.4. The highest BCUT2D eigenvalue weighted by Crippen LogP contribution is 2.29. The third-order valence-corrected chi connectivity index (χ3v) is 4.04. The number of nitrogens with one attached hydrogen (secondary N) is 1. The van der Waals surface area contributed by atoms with Gasteiger partial charge in [0.05, 0.1) is 18.8 Å². The molecule has 1 unspecified atom stereocenters. The number of pyridine rings is 1. The van der Waals surface area contributed by atoms with E-state index in [9.17, 15) is 0 Å². The van der Waals surface area contributed by atoms with Crippen molar-refractivity contribution in [3.8, 4) is 5.75 Å². The molecule has 5 heteroatoms. The Bertz CT molecular complexity index is 573. The molecular weight excluding hydrogens is 384 g/mol. The lowest BCUT2D eigenvalue weighted by molar-refractivity contribution is 0.414. The molecule has 0 spiro atoms. The molecule has 1 aromatic carbocycles. The van der Waals surface area contributed by atoms with Crippen LogP contribution in [0.2, 0.25) is 0 Å². The third kappa shape index (κ3) is 3.59. The van der Waals surface area contributed by atoms with Crippen LogP contribution in [0.25, 0.3) is 0 Å². The van der Waals surface area contributed by atoms with Crippen molar-refractivity contribution >= 4 is 31.9 Å². The maximum absolute atomic E-state index is 5.20. The topological polar surface area (TPSA) is 34.1 Å².